The van der Waals surface area contributed by atoms with E-state index in [9.17, 15) is 5.11 Å². The Morgan fingerprint density at radius 1 is 1.03 bits per heavy atom. The number of methoxy groups -OCH3 is 1. The fourth-order valence-electron chi connectivity index (χ4n) is 7.10. The molecular weight excluding hydrogens is 446 g/mol. The predicted molar refractivity (Wildman–Crippen MR) is 146 cm³/mol. The van der Waals surface area contributed by atoms with Crippen LogP contribution in [-0.2, 0) is 0 Å². The van der Waals surface area contributed by atoms with Crippen molar-refractivity contribution in [3.05, 3.63) is 65.7 Å². The Morgan fingerprint density at radius 2 is 1.83 bits per heavy atom. The van der Waals surface area contributed by atoms with E-state index in [0.29, 0.717) is 5.92 Å². The summed E-state index contributed by atoms with van der Waals surface area (Å²) in [5, 5.41) is 12.9. The van der Waals surface area contributed by atoms with Crippen LogP contribution in [0.15, 0.2) is 54.6 Å². The van der Waals surface area contributed by atoms with Gasteiger partial charge in [0.2, 0.25) is 0 Å². The Labute approximate surface area is 215 Å². The minimum absolute atomic E-state index is 0.181. The first-order chi connectivity index (χ1) is 17.6. The summed E-state index contributed by atoms with van der Waals surface area (Å²) in [6.45, 7) is 6.51. The van der Waals surface area contributed by atoms with Gasteiger partial charge < -0.3 is 14.7 Å². The molecule has 4 aliphatic rings. The lowest BCUT2D eigenvalue weighted by atomic mass is 9.72. The summed E-state index contributed by atoms with van der Waals surface area (Å²) in [6, 6.07) is 19.3. The van der Waals surface area contributed by atoms with E-state index in [4.69, 9.17) is 9.72 Å². The number of aliphatic hydroxyl groups is 1. The van der Waals surface area contributed by atoms with Gasteiger partial charge in [-0.3, -0.25) is 4.90 Å². The topological polar surface area (TPSA) is 48.8 Å². The molecule has 4 fully saturated rings. The number of piperidine rings is 4. The highest BCUT2D eigenvalue weighted by Gasteiger charge is 2.42. The molecule has 2 aromatic carbocycles. The molecule has 5 atom stereocenters. The van der Waals surface area contributed by atoms with E-state index in [0.717, 1.165) is 85.3 Å². The monoisotopic (exact) mass is 485 g/mol. The minimum Gasteiger partial charge on any atom is -0.497 e. The van der Waals surface area contributed by atoms with Gasteiger partial charge in [0.25, 0.3) is 0 Å². The number of pyridine rings is 1. The van der Waals surface area contributed by atoms with Gasteiger partial charge in [-0.1, -0.05) is 43.7 Å². The zero-order valence-corrected chi connectivity index (χ0v) is 21.6. The van der Waals surface area contributed by atoms with Crippen molar-refractivity contribution in [2.75, 3.05) is 38.2 Å². The molecule has 1 aromatic heterocycles. The van der Waals surface area contributed by atoms with E-state index in [1.54, 1.807) is 7.11 Å². The molecule has 4 saturated heterocycles. The molecular formula is C31H39N3O2. The summed E-state index contributed by atoms with van der Waals surface area (Å²) in [5.41, 5.74) is 3.39. The second-order valence-corrected chi connectivity index (χ2v) is 11.1. The van der Waals surface area contributed by atoms with Gasteiger partial charge >= 0.3 is 0 Å². The van der Waals surface area contributed by atoms with Crippen molar-refractivity contribution in [2.24, 2.45) is 11.8 Å². The van der Waals surface area contributed by atoms with Gasteiger partial charge in [0.05, 0.1) is 18.7 Å². The maximum absolute atomic E-state index is 11.9. The number of aromatic nitrogens is 1. The van der Waals surface area contributed by atoms with E-state index in [1.807, 2.05) is 12.1 Å². The normalized spacial score (nSPS) is 27.4. The largest absolute Gasteiger partial charge is 0.497 e. The van der Waals surface area contributed by atoms with Crippen molar-refractivity contribution < 1.29 is 9.84 Å². The molecule has 0 radical (unpaired) electrons. The lowest BCUT2D eigenvalue weighted by Crippen LogP contribution is -2.55. The third-order valence-electron chi connectivity index (χ3n) is 9.27. The molecule has 5 nitrogen and oxygen atoms in total. The SMILES string of the molecule is CC[C@H]1CN2CC[C@H]1C[C@H]2[C@H](O)c1cc(N2CCC(c3ccccc3)CC2)nc2ccc(OC)cc12. The minimum atomic E-state index is -0.524. The standard InChI is InChI=1S/C31H39N3O2/c1-3-21-20-34-16-13-24(21)17-29(34)31(35)27-19-30(32-28-10-9-25(36-2)18-26(27)28)33-14-11-23(12-15-33)22-7-5-4-6-8-22/h4-10,18-19,21,23-24,29,31,35H,3,11-17,20H2,1-2H3/t21-,24-,29-,31+/m0/s1. The average Bonchev–Trinajstić information content (AvgIpc) is 2.96. The molecule has 0 aliphatic carbocycles. The quantitative estimate of drug-likeness (QED) is 0.480. The number of aliphatic hydroxyl groups excluding tert-OH is 1. The van der Waals surface area contributed by atoms with Gasteiger partial charge in [-0.2, -0.15) is 0 Å². The molecule has 3 aromatic rings. The third-order valence-corrected chi connectivity index (χ3v) is 9.27. The first kappa shape index (κ1) is 23.7. The van der Waals surface area contributed by atoms with Crippen molar-refractivity contribution in [2.45, 2.75) is 57.1 Å². The molecule has 0 amide bonds. The summed E-state index contributed by atoms with van der Waals surface area (Å²) in [6.07, 6.45) is 5.33. The van der Waals surface area contributed by atoms with Crippen LogP contribution in [-0.4, -0.2) is 54.3 Å². The van der Waals surface area contributed by atoms with Crippen LogP contribution in [0.5, 0.6) is 5.75 Å². The molecule has 1 N–H and O–H groups in total. The Kier molecular flexibility index (Phi) is 6.61. The predicted octanol–water partition coefficient (Wildman–Crippen LogP) is 5.78. The van der Waals surface area contributed by atoms with Gasteiger partial charge in [-0.05, 0) is 85.4 Å². The molecule has 0 spiro atoms. The van der Waals surface area contributed by atoms with Gasteiger partial charge in [0.1, 0.15) is 11.6 Å². The fraction of sp³-hybridized carbons (Fsp3) is 0.516. The maximum Gasteiger partial charge on any atom is 0.129 e. The number of hydrogen-bond acceptors (Lipinski definition) is 5. The van der Waals surface area contributed by atoms with Crippen LogP contribution in [0.4, 0.5) is 5.82 Å². The first-order valence-electron chi connectivity index (χ1n) is 13.8. The number of nitrogens with zero attached hydrogens (tertiary/aromatic N) is 3. The van der Waals surface area contributed by atoms with E-state index in [-0.39, 0.29) is 6.04 Å². The molecule has 5 heterocycles. The summed E-state index contributed by atoms with van der Waals surface area (Å²) >= 11 is 0. The second-order valence-electron chi connectivity index (χ2n) is 11.1. The Balaban J connectivity index is 1.30. The van der Waals surface area contributed by atoms with Crippen molar-refractivity contribution in [3.8, 4) is 5.75 Å². The number of benzene rings is 2. The maximum atomic E-state index is 11.9. The fourth-order valence-corrected chi connectivity index (χ4v) is 7.10. The Bertz CT molecular complexity index is 1190. The van der Waals surface area contributed by atoms with E-state index in [2.05, 4.69) is 59.2 Å². The van der Waals surface area contributed by atoms with Crippen LogP contribution in [0.25, 0.3) is 10.9 Å². The highest BCUT2D eigenvalue weighted by Crippen LogP contribution is 2.43. The number of ether oxygens (including phenoxy) is 1. The molecule has 190 valence electrons. The van der Waals surface area contributed by atoms with Crippen LogP contribution in [0.3, 0.4) is 0 Å². The zero-order valence-electron chi connectivity index (χ0n) is 21.6. The summed E-state index contributed by atoms with van der Waals surface area (Å²) in [7, 11) is 1.70. The van der Waals surface area contributed by atoms with Gasteiger partial charge in [-0.25, -0.2) is 4.98 Å². The van der Waals surface area contributed by atoms with Crippen LogP contribution < -0.4 is 9.64 Å². The van der Waals surface area contributed by atoms with E-state index in [1.165, 1.54) is 18.4 Å². The zero-order chi connectivity index (χ0) is 24.6. The van der Waals surface area contributed by atoms with Crippen LogP contribution in [0, 0.1) is 11.8 Å². The lowest BCUT2D eigenvalue weighted by molar-refractivity contribution is -0.0562. The summed E-state index contributed by atoms with van der Waals surface area (Å²) < 4.78 is 5.55. The number of hydrogen-bond donors (Lipinski definition) is 1. The van der Waals surface area contributed by atoms with Crippen molar-refractivity contribution >= 4 is 16.7 Å². The molecule has 0 saturated carbocycles. The van der Waals surface area contributed by atoms with E-state index < -0.39 is 6.10 Å². The van der Waals surface area contributed by atoms with Crippen molar-refractivity contribution in [1.82, 2.24) is 9.88 Å². The van der Waals surface area contributed by atoms with E-state index >= 15 is 0 Å². The van der Waals surface area contributed by atoms with Crippen LogP contribution >= 0.6 is 0 Å². The van der Waals surface area contributed by atoms with Crippen LogP contribution in [0.1, 0.15) is 62.2 Å². The van der Waals surface area contributed by atoms with Crippen molar-refractivity contribution in [1.29, 1.82) is 0 Å². The second kappa shape index (κ2) is 10.0. The first-order valence-corrected chi connectivity index (χ1v) is 13.8. The molecule has 5 heteroatoms. The summed E-state index contributed by atoms with van der Waals surface area (Å²) in [4.78, 5) is 10.0. The Hall–Kier alpha value is -2.63. The van der Waals surface area contributed by atoms with Crippen molar-refractivity contribution in [3.63, 3.8) is 0 Å². The smallest absolute Gasteiger partial charge is 0.129 e. The molecule has 4 aliphatic heterocycles. The number of rotatable bonds is 6. The molecule has 7 rings (SSSR count). The Morgan fingerprint density at radius 3 is 2.53 bits per heavy atom. The number of fused-ring (bicyclic) bond motifs is 4. The highest BCUT2D eigenvalue weighted by atomic mass is 16.5. The summed E-state index contributed by atoms with van der Waals surface area (Å²) in [5.74, 6) is 3.92. The average molecular weight is 486 g/mol. The number of anilines is 1. The molecule has 1 unspecified atom stereocenters. The molecule has 2 bridgehead atoms. The van der Waals surface area contributed by atoms with Gasteiger partial charge in [0.15, 0.2) is 0 Å². The highest BCUT2D eigenvalue weighted by molar-refractivity contribution is 5.86. The molecule has 36 heavy (non-hydrogen) atoms. The van der Waals surface area contributed by atoms with Crippen LogP contribution in [0.2, 0.25) is 0 Å². The third kappa shape index (κ3) is 4.37. The van der Waals surface area contributed by atoms with Gasteiger partial charge in [-0.15, -0.1) is 0 Å². The van der Waals surface area contributed by atoms with Gasteiger partial charge in [0, 0.05) is 31.1 Å². The lowest BCUT2D eigenvalue weighted by Gasteiger charge is -2.51.